The molecule has 0 aliphatic carbocycles. The maximum atomic E-state index is 12.8. The predicted octanol–water partition coefficient (Wildman–Crippen LogP) is 2.25. The number of rotatable bonds is 4. The van der Waals surface area contributed by atoms with Crippen LogP contribution >= 0.6 is 0 Å². The van der Waals surface area contributed by atoms with Crippen molar-refractivity contribution in [2.24, 2.45) is 5.92 Å². The van der Waals surface area contributed by atoms with Gasteiger partial charge in [-0.3, -0.25) is 14.3 Å². The minimum absolute atomic E-state index is 0.0667. The average Bonchev–Trinajstić information content (AvgIpc) is 3.07. The van der Waals surface area contributed by atoms with Crippen molar-refractivity contribution in [2.45, 2.75) is 39.2 Å². The number of hydrogen-bond donors (Lipinski definition) is 1. The number of hydrogen-bond acceptors (Lipinski definition) is 3. The number of piperidine rings is 1. The van der Waals surface area contributed by atoms with Crippen molar-refractivity contribution in [1.29, 1.82) is 0 Å². The van der Waals surface area contributed by atoms with Gasteiger partial charge in [0.05, 0.1) is 6.04 Å². The first-order valence-electron chi connectivity index (χ1n) is 8.54. The van der Waals surface area contributed by atoms with Crippen molar-refractivity contribution < 1.29 is 4.79 Å². The number of nitrogens with zero attached hydrogens (tertiary/aromatic N) is 3. The van der Waals surface area contributed by atoms with E-state index < -0.39 is 0 Å². The first kappa shape index (κ1) is 16.5. The first-order valence-corrected chi connectivity index (χ1v) is 8.54. The Bertz CT molecular complexity index is 749. The van der Waals surface area contributed by atoms with Gasteiger partial charge in [0, 0.05) is 42.8 Å². The van der Waals surface area contributed by atoms with Gasteiger partial charge >= 0.3 is 0 Å². The van der Waals surface area contributed by atoms with Crippen LogP contribution in [0.25, 0.3) is 0 Å². The second kappa shape index (κ2) is 7.03. The van der Waals surface area contributed by atoms with Crippen LogP contribution in [0, 0.1) is 5.92 Å². The molecule has 0 bridgehead atoms. The van der Waals surface area contributed by atoms with Gasteiger partial charge in [-0.05, 0) is 37.3 Å². The quantitative estimate of drug-likeness (QED) is 0.936. The Kier molecular flexibility index (Phi) is 4.83. The zero-order valence-electron chi connectivity index (χ0n) is 14.2. The van der Waals surface area contributed by atoms with Gasteiger partial charge in [-0.1, -0.05) is 13.8 Å². The van der Waals surface area contributed by atoms with Crippen molar-refractivity contribution >= 4 is 5.91 Å². The fourth-order valence-electron chi connectivity index (χ4n) is 3.31. The summed E-state index contributed by atoms with van der Waals surface area (Å²) < 4.78 is 1.92. The van der Waals surface area contributed by atoms with Gasteiger partial charge in [-0.2, -0.15) is 5.10 Å². The molecule has 1 saturated heterocycles. The molecule has 128 valence electrons. The van der Waals surface area contributed by atoms with Crippen LogP contribution in [-0.2, 0) is 6.42 Å². The molecule has 1 fully saturated rings. The zero-order chi connectivity index (χ0) is 17.1. The number of aromatic amines is 1. The van der Waals surface area contributed by atoms with Crippen LogP contribution < -0.4 is 5.56 Å². The third-order valence-electron chi connectivity index (χ3n) is 4.36. The van der Waals surface area contributed by atoms with Crippen molar-refractivity contribution in [3.63, 3.8) is 0 Å². The lowest BCUT2D eigenvalue weighted by molar-refractivity contribution is 0.0672. The molecule has 24 heavy (non-hydrogen) atoms. The van der Waals surface area contributed by atoms with E-state index in [1.54, 1.807) is 6.20 Å². The van der Waals surface area contributed by atoms with Crippen LogP contribution in [0.4, 0.5) is 0 Å². The molecule has 0 saturated carbocycles. The highest BCUT2D eigenvalue weighted by Crippen LogP contribution is 2.22. The molecule has 6 heteroatoms. The molecule has 3 heterocycles. The van der Waals surface area contributed by atoms with Gasteiger partial charge in [-0.15, -0.1) is 0 Å². The van der Waals surface area contributed by atoms with Crippen LogP contribution in [0.3, 0.4) is 0 Å². The molecule has 6 nitrogen and oxygen atoms in total. The molecular formula is C18H24N4O2. The Morgan fingerprint density at radius 1 is 1.42 bits per heavy atom. The number of aromatic nitrogens is 3. The molecule has 3 rings (SSSR count). The molecule has 1 atom stereocenters. The normalized spacial score (nSPS) is 18.1. The van der Waals surface area contributed by atoms with Gasteiger partial charge in [0.15, 0.2) is 0 Å². The maximum absolute atomic E-state index is 12.8. The minimum atomic E-state index is -0.211. The standard InChI is InChI=1S/C18H24N4O2/c1-13(2)9-15-10-14(11-17(23)20-15)18(24)21-7-3-5-16(12-21)22-8-4-6-19-22/h4,6,8,10-11,13,16H,3,5,7,9,12H2,1-2H3,(H,20,23)/t16-/m0/s1. The van der Waals surface area contributed by atoms with Crippen LogP contribution in [-0.4, -0.2) is 38.7 Å². The fraction of sp³-hybridized carbons (Fsp3) is 0.500. The summed E-state index contributed by atoms with van der Waals surface area (Å²) >= 11 is 0. The maximum Gasteiger partial charge on any atom is 0.254 e. The lowest BCUT2D eigenvalue weighted by Crippen LogP contribution is -2.41. The minimum Gasteiger partial charge on any atom is -0.336 e. The Balaban J connectivity index is 1.78. The molecule has 2 aromatic rings. The number of nitrogens with one attached hydrogen (secondary N) is 1. The molecule has 0 unspecified atom stereocenters. The predicted molar refractivity (Wildman–Crippen MR) is 92.0 cm³/mol. The van der Waals surface area contributed by atoms with E-state index in [9.17, 15) is 9.59 Å². The van der Waals surface area contributed by atoms with E-state index in [0.717, 1.165) is 31.5 Å². The zero-order valence-corrected chi connectivity index (χ0v) is 14.2. The van der Waals surface area contributed by atoms with Gasteiger partial charge in [-0.25, -0.2) is 0 Å². The Morgan fingerprint density at radius 2 is 2.25 bits per heavy atom. The third-order valence-corrected chi connectivity index (χ3v) is 4.36. The summed E-state index contributed by atoms with van der Waals surface area (Å²) in [4.78, 5) is 29.4. The van der Waals surface area contributed by atoms with Crippen LogP contribution in [0.2, 0.25) is 0 Å². The second-order valence-electron chi connectivity index (χ2n) is 6.89. The van der Waals surface area contributed by atoms with E-state index in [1.165, 1.54) is 6.07 Å². The third kappa shape index (κ3) is 3.75. The number of carbonyl (C=O) groups is 1. The molecule has 0 aromatic carbocycles. The van der Waals surface area contributed by atoms with Gasteiger partial charge in [0.25, 0.3) is 5.91 Å². The molecule has 1 aliphatic heterocycles. The lowest BCUT2D eigenvalue weighted by atomic mass is 10.0. The SMILES string of the molecule is CC(C)Cc1cc(C(=O)N2CCC[C@H](n3cccn3)C2)cc(=O)[nH]1. The van der Waals surface area contributed by atoms with E-state index >= 15 is 0 Å². The number of amides is 1. The summed E-state index contributed by atoms with van der Waals surface area (Å²) in [6.45, 7) is 5.54. The lowest BCUT2D eigenvalue weighted by Gasteiger charge is -2.33. The molecule has 1 aliphatic rings. The summed E-state index contributed by atoms with van der Waals surface area (Å²) in [6, 6.07) is 5.33. The highest BCUT2D eigenvalue weighted by atomic mass is 16.2. The second-order valence-corrected chi connectivity index (χ2v) is 6.89. The Morgan fingerprint density at radius 3 is 2.96 bits per heavy atom. The number of carbonyl (C=O) groups excluding carboxylic acids is 1. The summed E-state index contributed by atoms with van der Waals surface area (Å²) in [6.07, 6.45) is 6.41. The highest BCUT2D eigenvalue weighted by molar-refractivity contribution is 5.94. The first-order chi connectivity index (χ1) is 11.5. The topological polar surface area (TPSA) is 71.0 Å². The molecule has 0 spiro atoms. The van der Waals surface area contributed by atoms with Crippen LogP contribution in [0.15, 0.2) is 35.4 Å². The Hall–Kier alpha value is -2.37. The van der Waals surface area contributed by atoms with E-state index in [2.05, 4.69) is 23.9 Å². The fourth-order valence-corrected chi connectivity index (χ4v) is 3.31. The molecule has 0 radical (unpaired) electrons. The van der Waals surface area contributed by atoms with Crippen LogP contribution in [0.5, 0.6) is 0 Å². The van der Waals surface area contributed by atoms with Crippen molar-refractivity contribution in [3.8, 4) is 0 Å². The summed E-state index contributed by atoms with van der Waals surface area (Å²) in [5, 5.41) is 4.29. The van der Waals surface area contributed by atoms with E-state index in [1.807, 2.05) is 27.9 Å². The smallest absolute Gasteiger partial charge is 0.254 e. The molecule has 1 amide bonds. The van der Waals surface area contributed by atoms with Gasteiger partial charge in [0.1, 0.15) is 0 Å². The molecule has 1 N–H and O–H groups in total. The number of H-pyrrole nitrogens is 1. The van der Waals surface area contributed by atoms with Crippen molar-refractivity contribution in [1.82, 2.24) is 19.7 Å². The largest absolute Gasteiger partial charge is 0.336 e. The highest BCUT2D eigenvalue weighted by Gasteiger charge is 2.26. The summed E-state index contributed by atoms with van der Waals surface area (Å²) in [5.74, 6) is 0.355. The average molecular weight is 328 g/mol. The summed E-state index contributed by atoms with van der Waals surface area (Å²) in [5.41, 5.74) is 1.09. The Labute approximate surface area is 141 Å². The van der Waals surface area contributed by atoms with Gasteiger partial charge in [0.2, 0.25) is 5.56 Å². The van der Waals surface area contributed by atoms with E-state index in [4.69, 9.17) is 0 Å². The van der Waals surface area contributed by atoms with Gasteiger partial charge < -0.3 is 9.88 Å². The van der Waals surface area contributed by atoms with Crippen molar-refractivity contribution in [3.05, 3.63) is 52.2 Å². The monoisotopic (exact) mass is 328 g/mol. The van der Waals surface area contributed by atoms with E-state index in [-0.39, 0.29) is 17.5 Å². The molecule has 2 aromatic heterocycles. The molecular weight excluding hydrogens is 304 g/mol. The number of likely N-dealkylation sites (tertiary alicyclic amines) is 1. The summed E-state index contributed by atoms with van der Waals surface area (Å²) in [7, 11) is 0. The van der Waals surface area contributed by atoms with Crippen molar-refractivity contribution in [2.75, 3.05) is 13.1 Å². The number of pyridine rings is 1. The van der Waals surface area contributed by atoms with Crippen LogP contribution in [0.1, 0.15) is 48.8 Å². The van der Waals surface area contributed by atoms with E-state index in [0.29, 0.717) is 18.0 Å².